The first kappa shape index (κ1) is 27.9. The zero-order chi connectivity index (χ0) is 18.8. The molecule has 0 aromatic carbocycles. The smallest absolute Gasteiger partial charge is 0.308 e. The van der Waals surface area contributed by atoms with Crippen molar-refractivity contribution in [2.45, 2.75) is 106 Å². The Morgan fingerprint density at radius 1 is 0.920 bits per heavy atom. The van der Waals surface area contributed by atoms with Gasteiger partial charge in [-0.05, 0) is 12.8 Å². The van der Waals surface area contributed by atoms with Gasteiger partial charge in [0.05, 0.1) is 0 Å². The molecule has 0 nitrogen and oxygen atoms in total. The normalized spacial score (nSPS) is 16.7. The third-order valence-corrected chi connectivity index (χ3v) is 7.58. The summed E-state index contributed by atoms with van der Waals surface area (Å²) >= 11 is 2.64. The van der Waals surface area contributed by atoms with Crippen LogP contribution in [-0.4, -0.2) is 6.15 Å². The minimum absolute atomic E-state index is 0. The molecule has 0 N–H and O–H groups in total. The van der Waals surface area contributed by atoms with Crippen LogP contribution in [0.2, 0.25) is 11.6 Å². The summed E-state index contributed by atoms with van der Waals surface area (Å²) in [5.74, 6) is 10.1. The van der Waals surface area contributed by atoms with Gasteiger partial charge < -0.3 is 5.82 Å². The van der Waals surface area contributed by atoms with Crippen molar-refractivity contribution in [3.05, 3.63) is 9.56 Å². The van der Waals surface area contributed by atoms with Gasteiger partial charge in [0.1, 0.15) is 6.15 Å². The van der Waals surface area contributed by atoms with Crippen LogP contribution in [0.25, 0.3) is 0 Å². The van der Waals surface area contributed by atoms with E-state index in [1.807, 2.05) is 0 Å². The Balaban J connectivity index is 0. The van der Waals surface area contributed by atoms with Crippen LogP contribution >= 0.6 is 22.6 Å². The molecule has 0 fully saturated rings. The fourth-order valence-electron chi connectivity index (χ4n) is 3.67. The van der Waals surface area contributed by atoms with E-state index < -0.39 is 6.15 Å². The summed E-state index contributed by atoms with van der Waals surface area (Å²) in [6, 6.07) is 0. The molecule has 25 heavy (non-hydrogen) atoms. The number of halogens is 1. The maximum absolute atomic E-state index is 3.89. The fraction of sp³-hybridized carbons (Fsp3) is 0.818. The second-order valence-electron chi connectivity index (χ2n) is 8.37. The number of hydrogen-bond acceptors (Lipinski definition) is 0. The maximum Gasteiger partial charge on any atom is 1.00 e. The van der Waals surface area contributed by atoms with Gasteiger partial charge in [-0.3, -0.25) is 0 Å². The monoisotopic (exact) mass is 450 g/mol. The van der Waals surface area contributed by atoms with E-state index in [1.165, 1.54) is 32.1 Å². The average Bonchev–Trinajstić information content (AvgIpc) is 2.54. The molecule has 0 saturated carbocycles. The molecule has 140 valence electrons. The van der Waals surface area contributed by atoms with Gasteiger partial charge in [-0.1, -0.05) is 109 Å². The molecule has 2 atom stereocenters. The Hall–Kier alpha value is 0.692. The van der Waals surface area contributed by atoms with Crippen molar-refractivity contribution < 1.29 is 18.9 Å². The Labute approximate surface area is 185 Å². The second-order valence-corrected chi connectivity index (χ2v) is 9.61. The third-order valence-electron chi connectivity index (χ3n) is 6.11. The van der Waals surface area contributed by atoms with Gasteiger partial charge in [-0.15, -0.1) is 12.0 Å². The summed E-state index contributed by atoms with van der Waals surface area (Å²) < 4.78 is 1.55. The second kappa shape index (κ2) is 14.7. The molecule has 0 rings (SSSR count). The minimum atomic E-state index is -0.828. The summed E-state index contributed by atoms with van der Waals surface area (Å²) in [7, 11) is 0. The molecular formula is C22H41BILi. The molecule has 0 aromatic heterocycles. The molecule has 0 saturated heterocycles. The molecule has 0 aliphatic carbocycles. The molecule has 0 amide bonds. The molecule has 3 heteroatoms. The molecule has 0 bridgehead atoms. The molecule has 2 unspecified atom stereocenters. The summed E-state index contributed by atoms with van der Waals surface area (Å²) in [4.78, 5) is 0. The van der Waals surface area contributed by atoms with E-state index in [-0.39, 0.29) is 18.9 Å². The Morgan fingerprint density at radius 3 is 1.80 bits per heavy atom. The fourth-order valence-corrected chi connectivity index (χ4v) is 5.27. The van der Waals surface area contributed by atoms with Gasteiger partial charge in [0.25, 0.3) is 0 Å². The standard InChI is InChI=1S/C22H41BI.Li/c1-9-11-13-15-17-23(20(7)18(3)4,21(8)19(5)6)22(24)16-14-12-10-2;/h16,18-21H,9-14H2,1-8H3;/q-1;+1/b22-16-;. The average molecular weight is 450 g/mol. The number of hydrogen-bond donors (Lipinski definition) is 0. The van der Waals surface area contributed by atoms with Crippen molar-refractivity contribution in [2.24, 2.45) is 11.8 Å². The number of unbranched alkanes of at least 4 members (excludes halogenated alkanes) is 4. The Bertz CT molecular complexity index is 417. The maximum atomic E-state index is 3.89. The van der Waals surface area contributed by atoms with Gasteiger partial charge >= 0.3 is 18.9 Å². The van der Waals surface area contributed by atoms with Crippen LogP contribution in [-0.2, 0) is 0 Å². The number of allylic oxidation sites excluding steroid dienone is 1. The molecule has 0 aliphatic heterocycles. The van der Waals surface area contributed by atoms with E-state index in [0.717, 1.165) is 6.42 Å². The number of rotatable bonds is 10. The summed E-state index contributed by atoms with van der Waals surface area (Å²) in [5.41, 5.74) is 0. The predicted molar refractivity (Wildman–Crippen MR) is 123 cm³/mol. The van der Waals surface area contributed by atoms with Crippen molar-refractivity contribution in [3.8, 4) is 11.7 Å². The molecule has 0 aliphatic rings. The van der Waals surface area contributed by atoms with Gasteiger partial charge in [0, 0.05) is 6.42 Å². The molecular weight excluding hydrogens is 409 g/mol. The first-order chi connectivity index (χ1) is 11.3. The summed E-state index contributed by atoms with van der Waals surface area (Å²) in [6.45, 7) is 18.9. The van der Waals surface area contributed by atoms with Gasteiger partial charge in [0.2, 0.25) is 0 Å². The van der Waals surface area contributed by atoms with E-state index in [4.69, 9.17) is 0 Å². The molecule has 0 spiro atoms. The van der Waals surface area contributed by atoms with Crippen LogP contribution in [0.15, 0.2) is 9.56 Å². The minimum Gasteiger partial charge on any atom is -0.308 e. The van der Waals surface area contributed by atoms with Crippen LogP contribution in [0, 0.1) is 23.6 Å². The summed E-state index contributed by atoms with van der Waals surface area (Å²) in [6.07, 6.45) is 8.94. The van der Waals surface area contributed by atoms with Crippen molar-refractivity contribution in [3.63, 3.8) is 0 Å². The van der Waals surface area contributed by atoms with Crippen molar-refractivity contribution in [2.75, 3.05) is 0 Å². The zero-order valence-electron chi connectivity index (χ0n) is 18.6. The van der Waals surface area contributed by atoms with E-state index in [9.17, 15) is 0 Å². The molecule has 0 heterocycles. The third kappa shape index (κ3) is 8.49. The Morgan fingerprint density at radius 2 is 1.40 bits per heavy atom. The van der Waals surface area contributed by atoms with E-state index in [2.05, 4.69) is 95.8 Å². The summed E-state index contributed by atoms with van der Waals surface area (Å²) in [5, 5.41) is 0. The first-order valence-corrected chi connectivity index (χ1v) is 11.4. The van der Waals surface area contributed by atoms with Crippen LogP contribution in [0.1, 0.15) is 93.9 Å². The van der Waals surface area contributed by atoms with Crippen LogP contribution in [0.5, 0.6) is 0 Å². The van der Waals surface area contributed by atoms with Gasteiger partial charge in [-0.25, -0.2) is 0 Å². The predicted octanol–water partition coefficient (Wildman–Crippen LogP) is 5.31. The molecule has 0 aromatic rings. The van der Waals surface area contributed by atoms with Crippen molar-refractivity contribution >= 4 is 28.7 Å². The van der Waals surface area contributed by atoms with E-state index in [0.29, 0.717) is 23.5 Å². The SMILES string of the molecule is CCCCC#C[B-](/C(I)=C/CCCC)(C(C)C(C)C)C(C)C(C)C.[Li+]. The van der Waals surface area contributed by atoms with Crippen molar-refractivity contribution in [1.29, 1.82) is 0 Å². The zero-order valence-corrected chi connectivity index (χ0v) is 20.7. The van der Waals surface area contributed by atoms with Crippen LogP contribution in [0.3, 0.4) is 0 Å². The quantitative estimate of drug-likeness (QED) is 0.183. The van der Waals surface area contributed by atoms with Crippen molar-refractivity contribution in [1.82, 2.24) is 0 Å². The first-order valence-electron chi connectivity index (χ1n) is 10.3. The van der Waals surface area contributed by atoms with E-state index >= 15 is 0 Å². The van der Waals surface area contributed by atoms with Crippen LogP contribution < -0.4 is 18.9 Å². The van der Waals surface area contributed by atoms with E-state index in [1.54, 1.807) is 3.48 Å². The van der Waals surface area contributed by atoms with Gasteiger partial charge in [0.15, 0.2) is 0 Å². The van der Waals surface area contributed by atoms with Gasteiger partial charge in [-0.2, -0.15) is 15.1 Å². The topological polar surface area (TPSA) is 0 Å². The largest absolute Gasteiger partial charge is 1.00 e. The Kier molecular flexibility index (Phi) is 16.4. The molecule has 0 radical (unpaired) electrons. The van der Waals surface area contributed by atoms with Crippen LogP contribution in [0.4, 0.5) is 0 Å².